The molecular weight excluding hydrogens is 330 g/mol. The predicted molar refractivity (Wildman–Crippen MR) is 89.8 cm³/mol. The van der Waals surface area contributed by atoms with E-state index < -0.39 is 15.4 Å². The summed E-state index contributed by atoms with van der Waals surface area (Å²) in [5.41, 5.74) is 1.31. The van der Waals surface area contributed by atoms with Gasteiger partial charge >= 0.3 is 0 Å². The number of fused-ring (bicyclic) bond motifs is 1. The SMILES string of the molecule is Cc1noc2nc(C(C)C)cc(C(=O)NC3(C)CCS(=O)(=O)C3)c12. The smallest absolute Gasteiger partial charge is 0.259 e. The van der Waals surface area contributed by atoms with E-state index in [1.165, 1.54) is 0 Å². The number of carbonyl (C=O) groups excluding carboxylic acids is 1. The first-order valence-corrected chi connectivity index (χ1v) is 9.72. The quantitative estimate of drug-likeness (QED) is 0.907. The van der Waals surface area contributed by atoms with Gasteiger partial charge in [-0.1, -0.05) is 19.0 Å². The third-order valence-corrected chi connectivity index (χ3v) is 6.29. The monoisotopic (exact) mass is 351 g/mol. The molecule has 2 aromatic rings. The number of nitrogens with zero attached hydrogens (tertiary/aromatic N) is 2. The molecule has 1 atom stereocenters. The molecule has 130 valence electrons. The molecule has 0 radical (unpaired) electrons. The van der Waals surface area contributed by atoms with Crippen molar-refractivity contribution in [3.8, 4) is 0 Å². The minimum absolute atomic E-state index is 0.0420. The van der Waals surface area contributed by atoms with E-state index in [1.54, 1.807) is 19.9 Å². The number of nitrogens with one attached hydrogen (secondary N) is 1. The second kappa shape index (κ2) is 5.54. The van der Waals surface area contributed by atoms with Crippen LogP contribution < -0.4 is 5.32 Å². The molecule has 1 N–H and O–H groups in total. The molecule has 0 saturated carbocycles. The largest absolute Gasteiger partial charge is 0.346 e. The maximum Gasteiger partial charge on any atom is 0.259 e. The van der Waals surface area contributed by atoms with Crippen molar-refractivity contribution in [2.75, 3.05) is 11.5 Å². The third kappa shape index (κ3) is 3.02. The van der Waals surface area contributed by atoms with Crippen molar-refractivity contribution in [1.82, 2.24) is 15.5 Å². The summed E-state index contributed by atoms with van der Waals surface area (Å²) >= 11 is 0. The number of sulfone groups is 1. The van der Waals surface area contributed by atoms with Gasteiger partial charge in [0, 0.05) is 5.69 Å². The summed E-state index contributed by atoms with van der Waals surface area (Å²) in [6, 6.07) is 1.74. The van der Waals surface area contributed by atoms with E-state index >= 15 is 0 Å². The van der Waals surface area contributed by atoms with Crippen molar-refractivity contribution in [3.05, 3.63) is 23.0 Å². The van der Waals surface area contributed by atoms with Crippen LogP contribution in [0, 0.1) is 6.92 Å². The van der Waals surface area contributed by atoms with Crippen LogP contribution in [0.5, 0.6) is 0 Å². The summed E-state index contributed by atoms with van der Waals surface area (Å²) in [5.74, 6) is -0.150. The first-order chi connectivity index (χ1) is 11.1. The van der Waals surface area contributed by atoms with Crippen LogP contribution in [-0.2, 0) is 9.84 Å². The molecule has 0 spiro atoms. The van der Waals surface area contributed by atoms with Crippen LogP contribution in [0.4, 0.5) is 0 Å². The molecule has 1 fully saturated rings. The van der Waals surface area contributed by atoms with Crippen molar-refractivity contribution < 1.29 is 17.7 Å². The summed E-state index contributed by atoms with van der Waals surface area (Å²) in [6.07, 6.45) is 0.412. The molecule has 3 heterocycles. The zero-order valence-electron chi connectivity index (χ0n) is 14.2. The fourth-order valence-electron chi connectivity index (χ4n) is 3.04. The number of aromatic nitrogens is 2. The van der Waals surface area contributed by atoms with Crippen molar-refractivity contribution >= 4 is 26.8 Å². The lowest BCUT2D eigenvalue weighted by Gasteiger charge is -2.24. The van der Waals surface area contributed by atoms with E-state index in [9.17, 15) is 13.2 Å². The lowest BCUT2D eigenvalue weighted by atomic mass is 9.99. The molecule has 1 amide bonds. The molecule has 1 unspecified atom stereocenters. The van der Waals surface area contributed by atoms with Crippen molar-refractivity contribution in [1.29, 1.82) is 0 Å². The van der Waals surface area contributed by atoms with Gasteiger partial charge < -0.3 is 9.84 Å². The lowest BCUT2D eigenvalue weighted by Crippen LogP contribution is -2.47. The topological polar surface area (TPSA) is 102 Å². The summed E-state index contributed by atoms with van der Waals surface area (Å²) in [6.45, 7) is 7.46. The summed E-state index contributed by atoms with van der Waals surface area (Å²) in [4.78, 5) is 17.3. The van der Waals surface area contributed by atoms with Crippen molar-refractivity contribution in [2.24, 2.45) is 0 Å². The van der Waals surface area contributed by atoms with Gasteiger partial charge in [0.25, 0.3) is 11.6 Å². The highest BCUT2D eigenvalue weighted by atomic mass is 32.2. The fraction of sp³-hybridized carbons (Fsp3) is 0.562. The Hall–Kier alpha value is -1.96. The molecule has 0 bridgehead atoms. The van der Waals surface area contributed by atoms with Gasteiger partial charge in [-0.2, -0.15) is 0 Å². The highest BCUT2D eigenvalue weighted by Crippen LogP contribution is 2.27. The van der Waals surface area contributed by atoms with Crippen LogP contribution >= 0.6 is 0 Å². The first kappa shape index (κ1) is 16.9. The normalized spacial score (nSPS) is 23.0. The molecule has 7 nitrogen and oxygen atoms in total. The molecule has 0 aromatic carbocycles. The van der Waals surface area contributed by atoms with Gasteiger partial charge in [-0.15, -0.1) is 0 Å². The first-order valence-electron chi connectivity index (χ1n) is 7.90. The lowest BCUT2D eigenvalue weighted by molar-refractivity contribution is 0.0917. The highest BCUT2D eigenvalue weighted by Gasteiger charge is 2.40. The number of hydrogen-bond donors (Lipinski definition) is 1. The maximum absolute atomic E-state index is 12.9. The number of rotatable bonds is 3. The van der Waals surface area contributed by atoms with Crippen LogP contribution in [0.15, 0.2) is 10.6 Å². The Balaban J connectivity index is 2.02. The van der Waals surface area contributed by atoms with E-state index in [0.717, 1.165) is 5.69 Å². The molecule has 24 heavy (non-hydrogen) atoms. The van der Waals surface area contributed by atoms with E-state index in [0.29, 0.717) is 28.8 Å². The molecule has 2 aromatic heterocycles. The second-order valence-electron chi connectivity index (χ2n) is 7.05. The Morgan fingerprint density at radius 2 is 2.12 bits per heavy atom. The van der Waals surface area contributed by atoms with Crippen molar-refractivity contribution in [2.45, 2.75) is 45.6 Å². The van der Waals surface area contributed by atoms with Gasteiger partial charge in [-0.25, -0.2) is 13.4 Å². The standard InChI is InChI=1S/C16H21N3O4S/c1-9(2)12-7-11(13-10(3)19-23-15(13)17-12)14(20)18-16(4)5-6-24(21,22)8-16/h7,9H,5-6,8H2,1-4H3,(H,18,20). The van der Waals surface area contributed by atoms with Gasteiger partial charge in [-0.05, 0) is 32.3 Å². The van der Waals surface area contributed by atoms with E-state index in [4.69, 9.17) is 4.52 Å². The van der Waals surface area contributed by atoms with E-state index in [-0.39, 0.29) is 23.3 Å². The molecule has 1 saturated heterocycles. The minimum atomic E-state index is -3.10. The number of carbonyl (C=O) groups is 1. The summed E-state index contributed by atoms with van der Waals surface area (Å²) < 4.78 is 28.7. The third-order valence-electron chi connectivity index (χ3n) is 4.39. The van der Waals surface area contributed by atoms with Crippen LogP contribution in [0.1, 0.15) is 54.9 Å². The van der Waals surface area contributed by atoms with Gasteiger partial charge in [0.15, 0.2) is 9.84 Å². The summed E-state index contributed by atoms with van der Waals surface area (Å²) in [5, 5.41) is 7.36. The molecule has 8 heteroatoms. The van der Waals surface area contributed by atoms with Crippen LogP contribution in [-0.4, -0.2) is 41.5 Å². The highest BCUT2D eigenvalue weighted by molar-refractivity contribution is 7.91. The Bertz CT molecular complexity index is 917. The Morgan fingerprint density at radius 3 is 2.71 bits per heavy atom. The van der Waals surface area contributed by atoms with Crippen LogP contribution in [0.25, 0.3) is 11.1 Å². The number of pyridine rings is 1. The minimum Gasteiger partial charge on any atom is -0.346 e. The van der Waals surface area contributed by atoms with Crippen molar-refractivity contribution in [3.63, 3.8) is 0 Å². The summed E-state index contributed by atoms with van der Waals surface area (Å²) in [7, 11) is -3.10. The number of aryl methyl sites for hydroxylation is 1. The number of hydrogen-bond acceptors (Lipinski definition) is 6. The zero-order valence-corrected chi connectivity index (χ0v) is 15.0. The van der Waals surface area contributed by atoms with Crippen LogP contribution in [0.3, 0.4) is 0 Å². The van der Waals surface area contributed by atoms with E-state index in [1.807, 2.05) is 13.8 Å². The van der Waals surface area contributed by atoms with Gasteiger partial charge in [0.2, 0.25) is 0 Å². The second-order valence-corrected chi connectivity index (χ2v) is 9.24. The zero-order chi connectivity index (χ0) is 17.7. The average molecular weight is 351 g/mol. The van der Waals surface area contributed by atoms with Gasteiger partial charge in [0.05, 0.1) is 33.7 Å². The van der Waals surface area contributed by atoms with E-state index in [2.05, 4.69) is 15.5 Å². The van der Waals surface area contributed by atoms with Gasteiger partial charge in [-0.3, -0.25) is 4.79 Å². The molecule has 1 aliphatic rings. The fourth-order valence-corrected chi connectivity index (χ4v) is 5.13. The Labute approximate surface area is 140 Å². The molecule has 1 aliphatic heterocycles. The molecule has 0 aliphatic carbocycles. The predicted octanol–water partition coefficient (Wildman–Crippen LogP) is 1.96. The van der Waals surface area contributed by atoms with Gasteiger partial charge in [0.1, 0.15) is 0 Å². The molecular formula is C16H21N3O4S. The number of amides is 1. The molecule has 3 rings (SSSR count). The maximum atomic E-state index is 12.9. The van der Waals surface area contributed by atoms with Crippen LogP contribution in [0.2, 0.25) is 0 Å². The average Bonchev–Trinajstić information content (AvgIpc) is 2.98. The Morgan fingerprint density at radius 1 is 1.42 bits per heavy atom. The Kier molecular flexibility index (Phi) is 3.90.